The Kier molecular flexibility index (Phi) is 8.00. The Labute approximate surface area is 294 Å². The lowest BCUT2D eigenvalue weighted by molar-refractivity contribution is -0.140. The van der Waals surface area contributed by atoms with E-state index in [4.69, 9.17) is 32.7 Å². The lowest BCUT2D eigenvalue weighted by atomic mass is 9.49. The highest BCUT2D eigenvalue weighted by atomic mass is 79.9. The molecule has 2 N–H and O–H groups in total. The maximum Gasteiger partial charge on any atom is 0.260 e. The highest BCUT2D eigenvalue weighted by Gasteiger charge is 2.70. The number of likely N-dealkylation sites (tertiary alicyclic amines) is 1. The van der Waals surface area contributed by atoms with Gasteiger partial charge in [-0.05, 0) is 66.8 Å². The summed E-state index contributed by atoms with van der Waals surface area (Å²) in [5, 5.41) is 13.3. The summed E-state index contributed by atoms with van der Waals surface area (Å²) in [6.07, 6.45) is 2.28. The molecular weight excluding hydrogens is 725 g/mol. The van der Waals surface area contributed by atoms with Gasteiger partial charge in [-0.3, -0.25) is 29.5 Å². The summed E-state index contributed by atoms with van der Waals surface area (Å²) in [6.45, 7) is 0. The average Bonchev–Trinajstić information content (AvgIpc) is 3.43. The summed E-state index contributed by atoms with van der Waals surface area (Å²) in [4.78, 5) is 58.1. The minimum atomic E-state index is -1.62. The molecule has 2 heterocycles. The summed E-state index contributed by atoms with van der Waals surface area (Å²) >= 11 is 16.2. The second-order valence-electron chi connectivity index (χ2n) is 12.5. The van der Waals surface area contributed by atoms with Crippen molar-refractivity contribution in [3.8, 4) is 17.2 Å². The van der Waals surface area contributed by atoms with Crippen LogP contribution in [-0.4, -0.2) is 59.9 Å². The summed E-state index contributed by atoms with van der Waals surface area (Å²) in [5.74, 6) is -5.12. The molecule has 10 nitrogen and oxygen atoms in total. The number of ether oxygens (including phenoxy) is 2. The van der Waals surface area contributed by atoms with Crippen LogP contribution in [0.25, 0.3) is 0 Å². The number of aromatic hydroxyl groups is 1. The van der Waals surface area contributed by atoms with E-state index in [-0.39, 0.29) is 46.9 Å². The number of anilines is 1. The normalized spacial score (nSPS) is 27.8. The molecule has 248 valence electrons. The lowest BCUT2D eigenvalue weighted by Gasteiger charge is -2.50. The van der Waals surface area contributed by atoms with Crippen molar-refractivity contribution in [1.29, 1.82) is 0 Å². The van der Waals surface area contributed by atoms with Crippen molar-refractivity contribution in [3.05, 3.63) is 91.9 Å². The van der Waals surface area contributed by atoms with E-state index in [0.717, 1.165) is 9.91 Å². The van der Waals surface area contributed by atoms with E-state index in [1.807, 2.05) is 6.08 Å². The van der Waals surface area contributed by atoms with Gasteiger partial charge in [0.15, 0.2) is 11.5 Å². The van der Waals surface area contributed by atoms with Crippen LogP contribution in [0.3, 0.4) is 0 Å². The molecular formula is C35H30BrCl2N3O7. The van der Waals surface area contributed by atoms with E-state index in [0.29, 0.717) is 31.9 Å². The van der Waals surface area contributed by atoms with Crippen LogP contribution in [-0.2, 0) is 24.6 Å². The fourth-order valence-electron chi connectivity index (χ4n) is 8.32. The molecule has 4 aliphatic rings. The molecule has 0 aromatic heterocycles. The molecule has 7 rings (SSSR count). The second kappa shape index (κ2) is 11.8. The van der Waals surface area contributed by atoms with Crippen molar-refractivity contribution in [2.45, 2.75) is 24.2 Å². The molecule has 3 aromatic carbocycles. The van der Waals surface area contributed by atoms with Crippen LogP contribution in [0.2, 0.25) is 10.0 Å². The van der Waals surface area contributed by atoms with Crippen LogP contribution in [0.4, 0.5) is 5.69 Å². The van der Waals surface area contributed by atoms with Gasteiger partial charge in [0, 0.05) is 28.0 Å². The van der Waals surface area contributed by atoms with Gasteiger partial charge in [0.2, 0.25) is 11.8 Å². The quantitative estimate of drug-likeness (QED) is 0.229. The predicted octanol–water partition coefficient (Wildman–Crippen LogP) is 6.09. The van der Waals surface area contributed by atoms with Gasteiger partial charge in [-0.1, -0.05) is 62.9 Å². The number of fused-ring (bicyclic) bond motifs is 4. The van der Waals surface area contributed by atoms with Crippen molar-refractivity contribution in [2.24, 2.45) is 23.7 Å². The molecule has 2 aliphatic heterocycles. The molecule has 6 atom stereocenters. The van der Waals surface area contributed by atoms with Gasteiger partial charge in [0.25, 0.3) is 11.8 Å². The maximum absolute atomic E-state index is 15.3. The molecule has 48 heavy (non-hydrogen) atoms. The number of nitrogens with zero attached hydrogens (tertiary/aromatic N) is 2. The van der Waals surface area contributed by atoms with E-state index in [1.165, 1.54) is 27.3 Å². The standard InChI is InChI=1S/C35H30BrCl2N3O7/c1-40-31(43)21-10-9-20-22(28(21)33(40)45)15-24-32(44)41(39-26-11-6-18(37)14-25(26)38)34(46)35(24,16-4-7-19(47-2)8-5-16)29(20)23-12-17(36)13-27(48-3)30(23)42/h4-9,11-14,21-22,24,28-29,39,42H,10,15H2,1-3H3. The number of hydrogen-bond donors (Lipinski definition) is 2. The number of hydrazine groups is 1. The predicted molar refractivity (Wildman–Crippen MR) is 181 cm³/mol. The number of carbonyl (C=O) groups excluding carboxylic acids is 4. The van der Waals surface area contributed by atoms with Crippen molar-refractivity contribution < 1.29 is 33.8 Å². The van der Waals surface area contributed by atoms with E-state index >= 15 is 4.79 Å². The Balaban J connectivity index is 1.51. The van der Waals surface area contributed by atoms with Crippen molar-refractivity contribution in [3.63, 3.8) is 0 Å². The number of phenols is 1. The van der Waals surface area contributed by atoms with Crippen molar-refractivity contribution in [2.75, 3.05) is 26.7 Å². The summed E-state index contributed by atoms with van der Waals surface area (Å²) in [6, 6.07) is 14.9. The monoisotopic (exact) mass is 753 g/mol. The van der Waals surface area contributed by atoms with Crippen LogP contribution in [0.5, 0.6) is 17.2 Å². The summed E-state index contributed by atoms with van der Waals surface area (Å²) in [7, 11) is 4.43. The van der Waals surface area contributed by atoms with Gasteiger partial charge in [0.05, 0.1) is 48.1 Å². The molecule has 3 fully saturated rings. The van der Waals surface area contributed by atoms with Crippen LogP contribution in [0.15, 0.2) is 70.7 Å². The molecule has 2 aliphatic carbocycles. The number of imide groups is 2. The SMILES string of the molecule is COc1ccc(C23C(=O)N(Nc4ccc(Cl)cc4Cl)C(=O)C2CC2C(=CCC4C(=O)N(C)C(=O)C42)C3c2cc(Br)cc(OC)c2O)cc1. The highest BCUT2D eigenvalue weighted by Crippen LogP contribution is 2.65. The number of nitrogens with one attached hydrogen (secondary N) is 1. The van der Waals surface area contributed by atoms with Gasteiger partial charge >= 0.3 is 0 Å². The molecule has 0 spiro atoms. The third kappa shape index (κ3) is 4.58. The number of amides is 4. The van der Waals surface area contributed by atoms with Crippen molar-refractivity contribution in [1.82, 2.24) is 9.91 Å². The van der Waals surface area contributed by atoms with Gasteiger partial charge < -0.3 is 14.6 Å². The fourth-order valence-corrected chi connectivity index (χ4v) is 9.22. The number of benzene rings is 3. The number of carbonyl (C=O) groups is 4. The second-order valence-corrected chi connectivity index (χ2v) is 14.3. The Morgan fingerprint density at radius 3 is 2.33 bits per heavy atom. The first kappa shape index (κ1) is 32.5. The number of methoxy groups -OCH3 is 2. The van der Waals surface area contributed by atoms with Gasteiger partial charge in [-0.15, -0.1) is 0 Å². The number of phenolic OH excluding ortho intramolecular Hbond substituents is 1. The minimum Gasteiger partial charge on any atom is -0.504 e. The zero-order valence-corrected chi connectivity index (χ0v) is 29.1. The van der Waals surface area contributed by atoms with Crippen LogP contribution in [0.1, 0.15) is 29.9 Å². The molecule has 6 unspecified atom stereocenters. The lowest BCUT2D eigenvalue weighted by Crippen LogP contribution is -2.53. The molecule has 3 aromatic rings. The topological polar surface area (TPSA) is 125 Å². The molecule has 4 amide bonds. The number of rotatable bonds is 6. The van der Waals surface area contributed by atoms with Crippen LogP contribution in [0, 0.1) is 23.7 Å². The van der Waals surface area contributed by atoms with E-state index in [1.54, 1.807) is 48.5 Å². The van der Waals surface area contributed by atoms with Crippen molar-refractivity contribution >= 4 is 68.4 Å². The zero-order chi connectivity index (χ0) is 34.2. The Hall–Kier alpha value is -4.06. The van der Waals surface area contributed by atoms with Crippen LogP contribution < -0.4 is 14.9 Å². The first-order chi connectivity index (χ1) is 22.9. The largest absolute Gasteiger partial charge is 0.504 e. The molecule has 1 saturated carbocycles. The Morgan fingerprint density at radius 2 is 1.67 bits per heavy atom. The Bertz CT molecular complexity index is 1940. The number of allylic oxidation sites excluding steroid dienone is 2. The molecule has 13 heteroatoms. The maximum atomic E-state index is 15.3. The smallest absolute Gasteiger partial charge is 0.260 e. The fraction of sp³-hybridized carbons (Fsp3) is 0.314. The van der Waals surface area contributed by atoms with Crippen LogP contribution >= 0.6 is 39.1 Å². The number of halogens is 3. The third-order valence-corrected chi connectivity index (χ3v) is 11.4. The average molecular weight is 755 g/mol. The first-order valence-corrected chi connectivity index (χ1v) is 16.8. The zero-order valence-electron chi connectivity index (χ0n) is 26.0. The van der Waals surface area contributed by atoms with E-state index < -0.39 is 46.8 Å². The van der Waals surface area contributed by atoms with Gasteiger partial charge in [-0.2, -0.15) is 5.01 Å². The molecule has 2 saturated heterocycles. The third-order valence-electron chi connectivity index (χ3n) is 10.4. The minimum absolute atomic E-state index is 0.103. The highest BCUT2D eigenvalue weighted by molar-refractivity contribution is 9.10. The molecule has 0 bridgehead atoms. The Morgan fingerprint density at radius 1 is 0.938 bits per heavy atom. The molecule has 0 radical (unpaired) electrons. The summed E-state index contributed by atoms with van der Waals surface area (Å²) in [5.41, 5.74) is 3.15. The van der Waals surface area contributed by atoms with E-state index in [2.05, 4.69) is 21.4 Å². The van der Waals surface area contributed by atoms with Gasteiger partial charge in [0.1, 0.15) is 5.75 Å². The van der Waals surface area contributed by atoms with E-state index in [9.17, 15) is 19.5 Å². The van der Waals surface area contributed by atoms with Gasteiger partial charge in [-0.25, -0.2) is 0 Å². The first-order valence-electron chi connectivity index (χ1n) is 15.3. The summed E-state index contributed by atoms with van der Waals surface area (Å²) < 4.78 is 11.5. The number of hydrogen-bond acceptors (Lipinski definition) is 8.